The van der Waals surface area contributed by atoms with Crippen molar-refractivity contribution in [2.75, 3.05) is 13.2 Å². The molecule has 2 rings (SSSR count). The fraction of sp³-hybridized carbons (Fsp3) is 0.538. The molecular weight excluding hydrogens is 188 g/mol. The zero-order chi connectivity index (χ0) is 10.5. The monoisotopic (exact) mass is 206 g/mol. The second-order valence-electron chi connectivity index (χ2n) is 4.05. The second-order valence-corrected chi connectivity index (χ2v) is 4.05. The van der Waals surface area contributed by atoms with E-state index in [0.717, 1.165) is 37.1 Å². The molecule has 2 heteroatoms. The SMILES string of the molecule is CCCOc1ccccc1OCC1CC1. The fourth-order valence-electron chi connectivity index (χ4n) is 1.39. The summed E-state index contributed by atoms with van der Waals surface area (Å²) in [6.45, 7) is 3.70. The third kappa shape index (κ3) is 3.15. The van der Waals surface area contributed by atoms with Crippen molar-refractivity contribution in [3.8, 4) is 11.5 Å². The van der Waals surface area contributed by atoms with Crippen LogP contribution in [0.3, 0.4) is 0 Å². The van der Waals surface area contributed by atoms with Gasteiger partial charge in [-0.05, 0) is 37.3 Å². The zero-order valence-electron chi connectivity index (χ0n) is 9.24. The maximum atomic E-state index is 5.73. The highest BCUT2D eigenvalue weighted by Crippen LogP contribution is 2.32. The molecule has 1 aliphatic rings. The maximum Gasteiger partial charge on any atom is 0.161 e. The van der Waals surface area contributed by atoms with Gasteiger partial charge in [0.15, 0.2) is 11.5 Å². The summed E-state index contributed by atoms with van der Waals surface area (Å²) in [5.41, 5.74) is 0. The molecule has 82 valence electrons. The van der Waals surface area contributed by atoms with Crippen molar-refractivity contribution in [3.05, 3.63) is 24.3 Å². The van der Waals surface area contributed by atoms with E-state index >= 15 is 0 Å². The molecule has 0 spiro atoms. The van der Waals surface area contributed by atoms with E-state index in [1.54, 1.807) is 0 Å². The van der Waals surface area contributed by atoms with Crippen molar-refractivity contribution >= 4 is 0 Å². The molecule has 0 saturated heterocycles. The van der Waals surface area contributed by atoms with Crippen LogP contribution in [0.4, 0.5) is 0 Å². The Kier molecular flexibility index (Phi) is 3.49. The molecule has 0 aromatic heterocycles. The van der Waals surface area contributed by atoms with Gasteiger partial charge >= 0.3 is 0 Å². The van der Waals surface area contributed by atoms with Crippen LogP contribution in [-0.2, 0) is 0 Å². The predicted octanol–water partition coefficient (Wildman–Crippen LogP) is 3.26. The Morgan fingerprint density at radius 2 is 1.80 bits per heavy atom. The molecular formula is C13H18O2. The summed E-state index contributed by atoms with van der Waals surface area (Å²) < 4.78 is 11.3. The van der Waals surface area contributed by atoms with Crippen LogP contribution in [-0.4, -0.2) is 13.2 Å². The van der Waals surface area contributed by atoms with E-state index in [9.17, 15) is 0 Å². The molecule has 1 aromatic rings. The minimum atomic E-state index is 0.754. The van der Waals surface area contributed by atoms with Gasteiger partial charge in [0.25, 0.3) is 0 Å². The number of benzene rings is 1. The number of hydrogen-bond donors (Lipinski definition) is 0. The highest BCUT2D eigenvalue weighted by molar-refractivity contribution is 5.39. The molecule has 15 heavy (non-hydrogen) atoms. The maximum absolute atomic E-state index is 5.73. The molecule has 0 heterocycles. The Balaban J connectivity index is 1.93. The topological polar surface area (TPSA) is 18.5 Å². The Morgan fingerprint density at radius 3 is 2.40 bits per heavy atom. The van der Waals surface area contributed by atoms with Crippen LogP contribution in [0.2, 0.25) is 0 Å². The van der Waals surface area contributed by atoms with Crippen molar-refractivity contribution in [3.63, 3.8) is 0 Å². The van der Waals surface area contributed by atoms with Crippen molar-refractivity contribution in [1.82, 2.24) is 0 Å². The van der Waals surface area contributed by atoms with Gasteiger partial charge in [-0.3, -0.25) is 0 Å². The third-order valence-corrected chi connectivity index (χ3v) is 2.48. The van der Waals surface area contributed by atoms with Gasteiger partial charge in [-0.25, -0.2) is 0 Å². The van der Waals surface area contributed by atoms with E-state index < -0.39 is 0 Å². The average Bonchev–Trinajstić information content (AvgIpc) is 3.08. The molecule has 1 fully saturated rings. The van der Waals surface area contributed by atoms with Crippen LogP contribution < -0.4 is 9.47 Å². The molecule has 1 aliphatic carbocycles. The fourth-order valence-corrected chi connectivity index (χ4v) is 1.39. The first-order chi connectivity index (χ1) is 7.40. The summed E-state index contributed by atoms with van der Waals surface area (Å²) in [5.74, 6) is 2.54. The highest BCUT2D eigenvalue weighted by atomic mass is 16.5. The number of rotatable bonds is 6. The lowest BCUT2D eigenvalue weighted by Crippen LogP contribution is -2.02. The van der Waals surface area contributed by atoms with Crippen LogP contribution in [0, 0.1) is 5.92 Å². The standard InChI is InChI=1S/C13H18O2/c1-2-9-14-12-5-3-4-6-13(12)15-10-11-7-8-11/h3-6,11H,2,7-10H2,1H3. The lowest BCUT2D eigenvalue weighted by molar-refractivity contribution is 0.260. The van der Waals surface area contributed by atoms with Crippen LogP contribution >= 0.6 is 0 Å². The van der Waals surface area contributed by atoms with Crippen molar-refractivity contribution < 1.29 is 9.47 Å². The minimum Gasteiger partial charge on any atom is -0.490 e. The minimum absolute atomic E-state index is 0.754. The number of ether oxygens (including phenoxy) is 2. The Hall–Kier alpha value is -1.18. The normalized spacial score (nSPS) is 15.0. The van der Waals surface area contributed by atoms with E-state index in [1.165, 1.54) is 12.8 Å². The van der Waals surface area contributed by atoms with Gasteiger partial charge in [-0.15, -0.1) is 0 Å². The summed E-state index contributed by atoms with van der Waals surface area (Å²) in [7, 11) is 0. The Bertz CT molecular complexity index is 305. The highest BCUT2D eigenvalue weighted by Gasteiger charge is 2.22. The van der Waals surface area contributed by atoms with E-state index in [0.29, 0.717) is 0 Å². The molecule has 0 radical (unpaired) electrons. The van der Waals surface area contributed by atoms with Crippen LogP contribution in [0.5, 0.6) is 11.5 Å². The van der Waals surface area contributed by atoms with E-state index in [4.69, 9.17) is 9.47 Å². The first kappa shape index (κ1) is 10.3. The van der Waals surface area contributed by atoms with Gasteiger partial charge < -0.3 is 9.47 Å². The van der Waals surface area contributed by atoms with Gasteiger partial charge in [0, 0.05) is 0 Å². The molecule has 1 aromatic carbocycles. The first-order valence-corrected chi connectivity index (χ1v) is 5.74. The van der Waals surface area contributed by atoms with Gasteiger partial charge in [0.2, 0.25) is 0 Å². The van der Waals surface area contributed by atoms with Crippen molar-refractivity contribution in [1.29, 1.82) is 0 Å². The largest absolute Gasteiger partial charge is 0.490 e. The number of para-hydroxylation sites is 2. The summed E-state index contributed by atoms with van der Waals surface area (Å²) in [5, 5.41) is 0. The van der Waals surface area contributed by atoms with Gasteiger partial charge in [0.05, 0.1) is 13.2 Å². The van der Waals surface area contributed by atoms with Gasteiger partial charge in [-0.1, -0.05) is 19.1 Å². The van der Waals surface area contributed by atoms with Crippen LogP contribution in [0.15, 0.2) is 24.3 Å². The van der Waals surface area contributed by atoms with E-state index in [1.807, 2.05) is 24.3 Å². The summed E-state index contributed by atoms with van der Waals surface area (Å²) >= 11 is 0. The van der Waals surface area contributed by atoms with Gasteiger partial charge in [-0.2, -0.15) is 0 Å². The lowest BCUT2D eigenvalue weighted by Gasteiger charge is -2.11. The van der Waals surface area contributed by atoms with E-state index in [-0.39, 0.29) is 0 Å². The Morgan fingerprint density at radius 1 is 1.13 bits per heavy atom. The van der Waals surface area contributed by atoms with E-state index in [2.05, 4.69) is 6.92 Å². The molecule has 2 nitrogen and oxygen atoms in total. The second kappa shape index (κ2) is 5.06. The van der Waals surface area contributed by atoms with Crippen LogP contribution in [0.25, 0.3) is 0 Å². The quantitative estimate of drug-likeness (QED) is 0.711. The lowest BCUT2D eigenvalue weighted by atomic mass is 10.3. The molecule has 1 saturated carbocycles. The zero-order valence-corrected chi connectivity index (χ0v) is 9.24. The van der Waals surface area contributed by atoms with Crippen molar-refractivity contribution in [2.24, 2.45) is 5.92 Å². The molecule has 0 bridgehead atoms. The summed E-state index contributed by atoms with van der Waals surface area (Å²) in [6, 6.07) is 7.92. The number of hydrogen-bond acceptors (Lipinski definition) is 2. The molecule has 0 amide bonds. The molecule has 0 atom stereocenters. The summed E-state index contributed by atoms with van der Waals surface area (Å²) in [6.07, 6.45) is 3.66. The van der Waals surface area contributed by atoms with Crippen LogP contribution in [0.1, 0.15) is 26.2 Å². The molecule has 0 aliphatic heterocycles. The van der Waals surface area contributed by atoms with Gasteiger partial charge in [0.1, 0.15) is 0 Å². The Labute approximate surface area is 91.2 Å². The van der Waals surface area contributed by atoms with Crippen molar-refractivity contribution in [2.45, 2.75) is 26.2 Å². The average molecular weight is 206 g/mol. The third-order valence-electron chi connectivity index (χ3n) is 2.48. The molecule has 0 unspecified atom stereocenters. The predicted molar refractivity (Wildman–Crippen MR) is 60.4 cm³/mol. The first-order valence-electron chi connectivity index (χ1n) is 5.74. The smallest absolute Gasteiger partial charge is 0.161 e. The summed E-state index contributed by atoms with van der Waals surface area (Å²) in [4.78, 5) is 0. The molecule has 0 N–H and O–H groups in total.